The normalized spacial score (nSPS) is 28.1. The predicted molar refractivity (Wildman–Crippen MR) is 84.9 cm³/mol. The first-order chi connectivity index (χ1) is 10.9. The molecule has 2 aliphatic rings. The van der Waals surface area contributed by atoms with Crippen LogP contribution in [0.1, 0.15) is 24.3 Å². The van der Waals surface area contributed by atoms with Crippen LogP contribution in [-0.2, 0) is 14.6 Å². The quantitative estimate of drug-likeness (QED) is 0.785. The molecule has 0 unspecified atom stereocenters. The van der Waals surface area contributed by atoms with Gasteiger partial charge in [0, 0.05) is 12.0 Å². The molecule has 6 heteroatoms. The minimum absolute atomic E-state index is 0.00325. The summed E-state index contributed by atoms with van der Waals surface area (Å²) >= 11 is 0. The summed E-state index contributed by atoms with van der Waals surface area (Å²) in [6, 6.07) is 5.93. The van der Waals surface area contributed by atoms with E-state index in [-0.39, 0.29) is 47.7 Å². The second-order valence-electron chi connectivity index (χ2n) is 6.23. The molecule has 0 radical (unpaired) electrons. The Hall–Kier alpha value is -1.87. The van der Waals surface area contributed by atoms with Crippen molar-refractivity contribution in [2.75, 3.05) is 18.1 Å². The van der Waals surface area contributed by atoms with Crippen LogP contribution in [-0.4, -0.2) is 43.3 Å². The maximum Gasteiger partial charge on any atom is 0.227 e. The smallest absolute Gasteiger partial charge is 0.227 e. The zero-order valence-corrected chi connectivity index (χ0v) is 13.4. The molecule has 1 amide bonds. The molecule has 122 valence electrons. The Labute approximate surface area is 135 Å². The lowest BCUT2D eigenvalue weighted by atomic mass is 10.1. The van der Waals surface area contributed by atoms with Gasteiger partial charge in [-0.05, 0) is 36.5 Å². The van der Waals surface area contributed by atoms with E-state index in [2.05, 4.69) is 5.92 Å². The lowest BCUT2D eigenvalue weighted by Crippen LogP contribution is -2.42. The third kappa shape index (κ3) is 3.40. The fourth-order valence-corrected chi connectivity index (χ4v) is 5.02. The van der Waals surface area contributed by atoms with Crippen molar-refractivity contribution in [2.24, 2.45) is 5.92 Å². The van der Waals surface area contributed by atoms with Crippen LogP contribution in [0.3, 0.4) is 0 Å². The molecule has 0 bridgehead atoms. The van der Waals surface area contributed by atoms with Gasteiger partial charge in [-0.15, -0.1) is 6.42 Å². The molecular formula is C17H18FNO3S. The first-order valence-corrected chi connectivity index (χ1v) is 9.43. The largest absolute Gasteiger partial charge is 0.327 e. The van der Waals surface area contributed by atoms with Gasteiger partial charge in [0.05, 0.1) is 18.1 Å². The zero-order valence-electron chi connectivity index (χ0n) is 12.6. The van der Waals surface area contributed by atoms with Gasteiger partial charge in [0.15, 0.2) is 9.84 Å². The highest BCUT2D eigenvalue weighted by atomic mass is 32.2. The third-order valence-corrected chi connectivity index (χ3v) is 6.33. The Morgan fingerprint density at radius 1 is 1.43 bits per heavy atom. The van der Waals surface area contributed by atoms with E-state index in [1.807, 2.05) is 6.07 Å². The average molecular weight is 335 g/mol. The molecule has 1 aliphatic carbocycles. The average Bonchev–Trinajstić information content (AvgIpc) is 3.22. The molecular weight excluding hydrogens is 317 g/mol. The Morgan fingerprint density at radius 3 is 2.83 bits per heavy atom. The van der Waals surface area contributed by atoms with Crippen molar-refractivity contribution in [3.63, 3.8) is 0 Å². The summed E-state index contributed by atoms with van der Waals surface area (Å²) in [4.78, 5) is 14.2. The molecule has 0 aromatic heterocycles. The number of carbonyl (C=O) groups is 1. The van der Waals surface area contributed by atoms with Gasteiger partial charge in [-0.2, -0.15) is 0 Å². The van der Waals surface area contributed by atoms with Crippen LogP contribution in [0.15, 0.2) is 24.3 Å². The van der Waals surface area contributed by atoms with Gasteiger partial charge in [-0.25, -0.2) is 12.8 Å². The summed E-state index contributed by atoms with van der Waals surface area (Å²) in [5.41, 5.74) is 0.808. The summed E-state index contributed by atoms with van der Waals surface area (Å²) in [5.74, 6) is 1.87. The minimum Gasteiger partial charge on any atom is -0.327 e. The Bertz CT molecular complexity index is 768. The number of carbonyl (C=O) groups excluding carboxylic acids is 1. The van der Waals surface area contributed by atoms with Crippen LogP contribution >= 0.6 is 0 Å². The monoisotopic (exact) mass is 335 g/mol. The topological polar surface area (TPSA) is 54.5 Å². The van der Waals surface area contributed by atoms with E-state index in [1.54, 1.807) is 6.07 Å². The molecule has 3 atom stereocenters. The number of hydrogen-bond acceptors (Lipinski definition) is 3. The van der Waals surface area contributed by atoms with E-state index >= 15 is 0 Å². The van der Waals surface area contributed by atoms with Crippen molar-refractivity contribution in [3.8, 4) is 12.3 Å². The van der Waals surface area contributed by atoms with Gasteiger partial charge < -0.3 is 4.90 Å². The number of benzene rings is 1. The van der Waals surface area contributed by atoms with Gasteiger partial charge in [-0.1, -0.05) is 18.1 Å². The fourth-order valence-electron chi connectivity index (χ4n) is 3.29. The number of hydrogen-bond donors (Lipinski definition) is 0. The lowest BCUT2D eigenvalue weighted by molar-refractivity contribution is -0.133. The highest BCUT2D eigenvalue weighted by Crippen LogP contribution is 2.49. The van der Waals surface area contributed by atoms with Crippen LogP contribution in [0.2, 0.25) is 0 Å². The Kier molecular flexibility index (Phi) is 4.15. The first kappa shape index (κ1) is 16.0. The van der Waals surface area contributed by atoms with Crippen LogP contribution in [0.25, 0.3) is 0 Å². The van der Waals surface area contributed by atoms with E-state index in [0.29, 0.717) is 12.8 Å². The summed E-state index contributed by atoms with van der Waals surface area (Å²) in [6.45, 7) is 0.116. The molecule has 1 aliphatic heterocycles. The molecule has 1 saturated heterocycles. The van der Waals surface area contributed by atoms with Crippen molar-refractivity contribution >= 4 is 15.7 Å². The van der Waals surface area contributed by atoms with Crippen molar-refractivity contribution < 1.29 is 17.6 Å². The molecule has 1 saturated carbocycles. The molecule has 1 heterocycles. The van der Waals surface area contributed by atoms with E-state index in [1.165, 1.54) is 17.0 Å². The molecule has 4 nitrogen and oxygen atoms in total. The summed E-state index contributed by atoms with van der Waals surface area (Å²) < 4.78 is 36.6. The molecule has 0 N–H and O–H groups in total. The Balaban J connectivity index is 1.72. The number of rotatable bonds is 4. The van der Waals surface area contributed by atoms with Gasteiger partial charge >= 0.3 is 0 Å². The first-order valence-electron chi connectivity index (χ1n) is 7.61. The maximum absolute atomic E-state index is 13.3. The summed E-state index contributed by atoms with van der Waals surface area (Å²) in [5, 5.41) is 0. The minimum atomic E-state index is -3.08. The zero-order chi connectivity index (χ0) is 16.6. The fraction of sp³-hybridized carbons (Fsp3) is 0.471. The molecule has 1 aromatic rings. The number of nitrogens with zero attached hydrogens (tertiary/aromatic N) is 1. The van der Waals surface area contributed by atoms with Crippen molar-refractivity contribution in [1.82, 2.24) is 4.90 Å². The number of terminal acetylenes is 1. The van der Waals surface area contributed by atoms with E-state index < -0.39 is 9.84 Å². The van der Waals surface area contributed by atoms with Gasteiger partial charge in [0.25, 0.3) is 0 Å². The van der Waals surface area contributed by atoms with Crippen molar-refractivity contribution in [2.45, 2.75) is 24.8 Å². The molecule has 0 spiro atoms. The number of sulfone groups is 1. The predicted octanol–water partition coefficient (Wildman–Crippen LogP) is 1.58. The van der Waals surface area contributed by atoms with Crippen molar-refractivity contribution in [3.05, 3.63) is 35.6 Å². The SMILES string of the molecule is C#CCN(C(=O)[C@@H]1C[C@@H]1c1cccc(F)c1)[C@@H]1CCS(=O)(=O)C1. The molecule has 3 rings (SSSR count). The van der Waals surface area contributed by atoms with E-state index in [9.17, 15) is 17.6 Å². The van der Waals surface area contributed by atoms with Crippen LogP contribution in [0.4, 0.5) is 4.39 Å². The van der Waals surface area contributed by atoms with Crippen molar-refractivity contribution in [1.29, 1.82) is 0 Å². The highest BCUT2D eigenvalue weighted by Gasteiger charge is 2.47. The molecule has 23 heavy (non-hydrogen) atoms. The Morgan fingerprint density at radius 2 is 2.22 bits per heavy atom. The summed E-state index contributed by atoms with van der Waals surface area (Å²) in [6.07, 6.45) is 6.44. The van der Waals surface area contributed by atoms with Gasteiger partial charge in [0.2, 0.25) is 5.91 Å². The van der Waals surface area contributed by atoms with Gasteiger partial charge in [0.1, 0.15) is 5.82 Å². The van der Waals surface area contributed by atoms with Gasteiger partial charge in [-0.3, -0.25) is 4.79 Å². The lowest BCUT2D eigenvalue weighted by Gasteiger charge is -2.26. The van der Waals surface area contributed by atoms with Crippen LogP contribution < -0.4 is 0 Å². The molecule has 1 aromatic carbocycles. The second-order valence-corrected chi connectivity index (χ2v) is 8.46. The third-order valence-electron chi connectivity index (χ3n) is 4.58. The second kappa shape index (κ2) is 5.97. The van der Waals surface area contributed by atoms with Crippen LogP contribution in [0.5, 0.6) is 0 Å². The standard InChI is InChI=1S/C17H18FNO3S/c1-2-7-19(14-6-8-23(21,22)11-14)17(20)16-10-15(16)12-4-3-5-13(18)9-12/h1,3-5,9,14-16H,6-8,10-11H2/t14-,15-,16-/m1/s1. The number of amides is 1. The van der Waals surface area contributed by atoms with E-state index in [0.717, 1.165) is 5.56 Å². The van der Waals surface area contributed by atoms with E-state index in [4.69, 9.17) is 6.42 Å². The summed E-state index contributed by atoms with van der Waals surface area (Å²) in [7, 11) is -3.08. The maximum atomic E-state index is 13.3. The van der Waals surface area contributed by atoms with Crippen LogP contribution in [0, 0.1) is 24.1 Å². The number of halogens is 1. The molecule has 2 fully saturated rings. The highest BCUT2D eigenvalue weighted by molar-refractivity contribution is 7.91.